The Kier molecular flexibility index (Phi) is 6.37. The van der Waals surface area contributed by atoms with Crippen molar-refractivity contribution in [1.82, 2.24) is 5.32 Å². The van der Waals surface area contributed by atoms with E-state index in [9.17, 15) is 14.7 Å². The number of aliphatic carboxylic acids is 1. The number of carbonyl (C=O) groups is 2. The van der Waals surface area contributed by atoms with Crippen LogP contribution in [0, 0.1) is 0 Å². The summed E-state index contributed by atoms with van der Waals surface area (Å²) in [5.41, 5.74) is -0.223. The standard InChI is InChI=1S/C16H23NO5/c1-16(2,11-7-5-6-8-13(11)22-4)15(20)17-12(14(18)19)9-10-21-3/h5-8,12H,9-10H2,1-4H3,(H,17,20)(H,18,19). The van der Waals surface area contributed by atoms with Gasteiger partial charge in [0.05, 0.1) is 12.5 Å². The summed E-state index contributed by atoms with van der Waals surface area (Å²) in [6, 6.07) is 6.20. The van der Waals surface area contributed by atoms with Gasteiger partial charge in [0.25, 0.3) is 0 Å². The summed E-state index contributed by atoms with van der Waals surface area (Å²) in [6.45, 7) is 3.72. The largest absolute Gasteiger partial charge is 0.496 e. The summed E-state index contributed by atoms with van der Waals surface area (Å²) in [6.07, 6.45) is 0.208. The van der Waals surface area contributed by atoms with Crippen LogP contribution in [0.3, 0.4) is 0 Å². The number of amides is 1. The van der Waals surface area contributed by atoms with Crippen molar-refractivity contribution in [3.63, 3.8) is 0 Å². The summed E-state index contributed by atoms with van der Waals surface area (Å²) in [5.74, 6) is -0.867. The molecule has 1 aromatic carbocycles. The minimum Gasteiger partial charge on any atom is -0.496 e. The second-order valence-corrected chi connectivity index (χ2v) is 5.47. The number of hydrogen-bond acceptors (Lipinski definition) is 4. The number of nitrogens with one attached hydrogen (secondary N) is 1. The molecule has 0 fully saturated rings. The second kappa shape index (κ2) is 7.79. The van der Waals surface area contributed by atoms with Crippen LogP contribution in [0.25, 0.3) is 0 Å². The molecule has 2 N–H and O–H groups in total. The topological polar surface area (TPSA) is 84.9 Å². The zero-order chi connectivity index (χ0) is 16.8. The van der Waals surface area contributed by atoms with Gasteiger partial charge in [0.2, 0.25) is 5.91 Å². The molecular formula is C16H23NO5. The SMILES string of the molecule is COCCC(NC(=O)C(C)(C)c1ccccc1OC)C(=O)O. The van der Waals surface area contributed by atoms with E-state index in [1.807, 2.05) is 12.1 Å². The molecule has 0 saturated carbocycles. The number of methoxy groups -OCH3 is 2. The Balaban J connectivity index is 2.96. The van der Waals surface area contributed by atoms with Gasteiger partial charge in [-0.25, -0.2) is 4.79 Å². The van der Waals surface area contributed by atoms with Gasteiger partial charge >= 0.3 is 5.97 Å². The fourth-order valence-electron chi connectivity index (χ4n) is 2.12. The number of para-hydroxylation sites is 1. The smallest absolute Gasteiger partial charge is 0.326 e. The van der Waals surface area contributed by atoms with Crippen molar-refractivity contribution in [1.29, 1.82) is 0 Å². The molecule has 22 heavy (non-hydrogen) atoms. The van der Waals surface area contributed by atoms with Crippen LogP contribution >= 0.6 is 0 Å². The van der Waals surface area contributed by atoms with Crippen LogP contribution in [0.15, 0.2) is 24.3 Å². The highest BCUT2D eigenvalue weighted by Crippen LogP contribution is 2.31. The Bertz CT molecular complexity index is 527. The van der Waals surface area contributed by atoms with Crippen LogP contribution in [0.5, 0.6) is 5.75 Å². The monoisotopic (exact) mass is 309 g/mol. The molecule has 0 saturated heterocycles. The molecule has 1 amide bonds. The molecule has 0 aliphatic heterocycles. The molecule has 0 heterocycles. The molecule has 122 valence electrons. The van der Waals surface area contributed by atoms with Crippen molar-refractivity contribution in [2.24, 2.45) is 0 Å². The van der Waals surface area contributed by atoms with E-state index in [1.54, 1.807) is 26.0 Å². The van der Waals surface area contributed by atoms with Gasteiger partial charge in [0, 0.05) is 25.7 Å². The van der Waals surface area contributed by atoms with Gasteiger partial charge in [-0.2, -0.15) is 0 Å². The van der Waals surface area contributed by atoms with Crippen molar-refractivity contribution in [2.75, 3.05) is 20.8 Å². The van der Waals surface area contributed by atoms with E-state index >= 15 is 0 Å². The van der Waals surface area contributed by atoms with Crippen molar-refractivity contribution in [3.05, 3.63) is 29.8 Å². The first-order chi connectivity index (χ1) is 10.3. The number of carboxylic acid groups (broad SMARTS) is 1. The lowest BCUT2D eigenvalue weighted by atomic mass is 9.82. The highest BCUT2D eigenvalue weighted by atomic mass is 16.5. The quantitative estimate of drug-likeness (QED) is 0.761. The Morgan fingerprint density at radius 2 is 1.91 bits per heavy atom. The van der Waals surface area contributed by atoms with E-state index < -0.39 is 17.4 Å². The first-order valence-electron chi connectivity index (χ1n) is 7.00. The Labute approximate surface area is 130 Å². The van der Waals surface area contributed by atoms with E-state index in [-0.39, 0.29) is 18.9 Å². The van der Waals surface area contributed by atoms with Crippen LogP contribution in [-0.4, -0.2) is 43.9 Å². The minimum atomic E-state index is -1.08. The first-order valence-corrected chi connectivity index (χ1v) is 7.00. The summed E-state index contributed by atoms with van der Waals surface area (Å²) in [5, 5.41) is 11.8. The first kappa shape index (κ1) is 18.0. The molecule has 0 radical (unpaired) electrons. The highest BCUT2D eigenvalue weighted by molar-refractivity contribution is 5.91. The molecule has 0 aliphatic rings. The van der Waals surface area contributed by atoms with E-state index in [2.05, 4.69) is 5.32 Å². The number of rotatable bonds is 8. The molecule has 1 unspecified atom stereocenters. The van der Waals surface area contributed by atoms with Crippen LogP contribution in [0.4, 0.5) is 0 Å². The van der Waals surface area contributed by atoms with Gasteiger partial charge in [0.15, 0.2) is 0 Å². The maximum absolute atomic E-state index is 12.5. The van der Waals surface area contributed by atoms with Crippen LogP contribution in [-0.2, 0) is 19.7 Å². The molecule has 0 bridgehead atoms. The van der Waals surface area contributed by atoms with Crippen molar-refractivity contribution >= 4 is 11.9 Å². The summed E-state index contributed by atoms with van der Waals surface area (Å²) < 4.78 is 10.2. The third kappa shape index (κ3) is 4.21. The maximum Gasteiger partial charge on any atom is 0.326 e. The lowest BCUT2D eigenvalue weighted by molar-refractivity contribution is -0.143. The third-order valence-corrected chi connectivity index (χ3v) is 3.56. The van der Waals surface area contributed by atoms with Crippen LogP contribution in [0.2, 0.25) is 0 Å². The molecule has 6 heteroatoms. The summed E-state index contributed by atoms with van der Waals surface area (Å²) in [4.78, 5) is 23.8. The zero-order valence-electron chi connectivity index (χ0n) is 13.4. The Hall–Kier alpha value is -2.08. The van der Waals surface area contributed by atoms with E-state index in [0.29, 0.717) is 11.3 Å². The fraction of sp³-hybridized carbons (Fsp3) is 0.500. The van der Waals surface area contributed by atoms with Crippen molar-refractivity contribution < 1.29 is 24.2 Å². The minimum absolute atomic E-state index is 0.208. The predicted molar refractivity (Wildman–Crippen MR) is 82.1 cm³/mol. The molecule has 0 aliphatic carbocycles. The number of carboxylic acids is 1. The molecule has 1 aromatic rings. The summed E-state index contributed by atoms with van der Waals surface area (Å²) in [7, 11) is 3.02. The number of benzene rings is 1. The van der Waals surface area contributed by atoms with Gasteiger partial charge in [-0.15, -0.1) is 0 Å². The normalized spacial score (nSPS) is 12.5. The van der Waals surface area contributed by atoms with E-state index in [4.69, 9.17) is 9.47 Å². The predicted octanol–water partition coefficient (Wildman–Crippen LogP) is 1.58. The van der Waals surface area contributed by atoms with Crippen molar-refractivity contribution in [3.8, 4) is 5.75 Å². The summed E-state index contributed by atoms with van der Waals surface area (Å²) >= 11 is 0. The van der Waals surface area contributed by atoms with Gasteiger partial charge in [-0.3, -0.25) is 4.79 Å². The maximum atomic E-state index is 12.5. The van der Waals surface area contributed by atoms with Gasteiger partial charge in [0.1, 0.15) is 11.8 Å². The highest BCUT2D eigenvalue weighted by Gasteiger charge is 2.34. The third-order valence-electron chi connectivity index (χ3n) is 3.56. The Morgan fingerprint density at radius 3 is 2.45 bits per heavy atom. The average Bonchev–Trinajstić information content (AvgIpc) is 2.50. The van der Waals surface area contributed by atoms with Crippen LogP contribution < -0.4 is 10.1 Å². The van der Waals surface area contributed by atoms with Gasteiger partial charge < -0.3 is 19.9 Å². The second-order valence-electron chi connectivity index (χ2n) is 5.47. The van der Waals surface area contributed by atoms with Crippen LogP contribution in [0.1, 0.15) is 25.8 Å². The lowest BCUT2D eigenvalue weighted by Gasteiger charge is -2.27. The molecular weight excluding hydrogens is 286 g/mol. The molecule has 0 spiro atoms. The molecule has 6 nitrogen and oxygen atoms in total. The van der Waals surface area contributed by atoms with E-state index in [0.717, 1.165) is 0 Å². The number of carbonyl (C=O) groups excluding carboxylic acids is 1. The lowest BCUT2D eigenvalue weighted by Crippen LogP contribution is -2.48. The number of ether oxygens (including phenoxy) is 2. The molecule has 0 aromatic heterocycles. The zero-order valence-corrected chi connectivity index (χ0v) is 13.4. The average molecular weight is 309 g/mol. The molecule has 1 rings (SSSR count). The van der Waals surface area contributed by atoms with E-state index in [1.165, 1.54) is 14.2 Å². The Morgan fingerprint density at radius 1 is 1.27 bits per heavy atom. The van der Waals surface area contributed by atoms with Gasteiger partial charge in [-0.05, 0) is 19.9 Å². The molecule has 1 atom stereocenters. The number of hydrogen-bond donors (Lipinski definition) is 2. The van der Waals surface area contributed by atoms with Crippen molar-refractivity contribution in [2.45, 2.75) is 31.7 Å². The van der Waals surface area contributed by atoms with Gasteiger partial charge in [-0.1, -0.05) is 18.2 Å². The fourth-order valence-corrected chi connectivity index (χ4v) is 2.12.